The zero-order chi connectivity index (χ0) is 15.5. The first-order valence-electron chi connectivity index (χ1n) is 7.09. The number of aromatic nitrogens is 3. The van der Waals surface area contributed by atoms with E-state index >= 15 is 0 Å². The zero-order valence-electron chi connectivity index (χ0n) is 13.3. The number of aliphatic hydroxyl groups is 1. The molecular weight excluding hydrogens is 302 g/mol. The Bertz CT molecular complexity index is 564. The average Bonchev–Trinajstić information content (AvgIpc) is 2.89. The van der Waals surface area contributed by atoms with Crippen LogP contribution in [0.3, 0.4) is 0 Å². The van der Waals surface area contributed by atoms with Crippen LogP contribution in [0.1, 0.15) is 32.8 Å². The van der Waals surface area contributed by atoms with Gasteiger partial charge in [-0.2, -0.15) is 0 Å². The number of halogens is 1. The highest BCUT2D eigenvalue weighted by Gasteiger charge is 2.39. The molecule has 0 spiro atoms. The third-order valence-electron chi connectivity index (χ3n) is 4.05. The van der Waals surface area contributed by atoms with E-state index in [9.17, 15) is 5.11 Å². The second-order valence-corrected chi connectivity index (χ2v) is 6.98. The lowest BCUT2D eigenvalue weighted by Crippen LogP contribution is -2.46. The molecule has 0 bridgehead atoms. The minimum atomic E-state index is -0.838. The molecule has 1 aromatic carbocycles. The SMILES string of the molecule is CC(C)(C)[C@@](O)(CCc1ccc(Cl)cc1)Cn1cnnc1.O. The first-order chi connectivity index (χ1) is 9.80. The second kappa shape index (κ2) is 7.22. The third-order valence-corrected chi connectivity index (χ3v) is 4.30. The predicted octanol–water partition coefficient (Wildman–Crippen LogP) is 2.52. The van der Waals surface area contributed by atoms with Crippen LogP contribution in [0.15, 0.2) is 36.9 Å². The van der Waals surface area contributed by atoms with Crippen molar-refractivity contribution in [3.05, 3.63) is 47.5 Å². The molecule has 22 heavy (non-hydrogen) atoms. The minimum absolute atomic E-state index is 0. The van der Waals surface area contributed by atoms with E-state index in [4.69, 9.17) is 11.6 Å². The second-order valence-electron chi connectivity index (χ2n) is 6.54. The molecule has 5 nitrogen and oxygen atoms in total. The predicted molar refractivity (Wildman–Crippen MR) is 87.8 cm³/mol. The van der Waals surface area contributed by atoms with Crippen molar-refractivity contribution in [2.24, 2.45) is 5.41 Å². The molecule has 0 amide bonds. The van der Waals surface area contributed by atoms with E-state index in [0.717, 1.165) is 11.4 Å². The van der Waals surface area contributed by atoms with Crippen molar-refractivity contribution in [2.45, 2.75) is 45.8 Å². The maximum Gasteiger partial charge on any atom is 0.119 e. The van der Waals surface area contributed by atoms with Gasteiger partial charge in [-0.15, -0.1) is 10.2 Å². The van der Waals surface area contributed by atoms with Crippen LogP contribution >= 0.6 is 11.6 Å². The maximum absolute atomic E-state index is 11.1. The number of aryl methyl sites for hydroxylation is 1. The van der Waals surface area contributed by atoms with Crippen molar-refractivity contribution < 1.29 is 10.6 Å². The number of nitrogens with zero attached hydrogens (tertiary/aromatic N) is 3. The molecule has 0 unspecified atom stereocenters. The molecule has 1 aromatic heterocycles. The van der Waals surface area contributed by atoms with Crippen molar-refractivity contribution in [3.8, 4) is 0 Å². The van der Waals surface area contributed by atoms with E-state index < -0.39 is 5.60 Å². The minimum Gasteiger partial charge on any atom is -0.412 e. The number of benzene rings is 1. The summed E-state index contributed by atoms with van der Waals surface area (Å²) in [7, 11) is 0. The highest BCUT2D eigenvalue weighted by atomic mass is 35.5. The molecule has 1 heterocycles. The summed E-state index contributed by atoms with van der Waals surface area (Å²) in [5, 5.41) is 19.5. The Morgan fingerprint density at radius 2 is 1.64 bits per heavy atom. The van der Waals surface area contributed by atoms with Gasteiger partial charge in [0.1, 0.15) is 12.7 Å². The van der Waals surface area contributed by atoms with Gasteiger partial charge < -0.3 is 15.1 Å². The number of hydrogen-bond acceptors (Lipinski definition) is 3. The van der Waals surface area contributed by atoms with Crippen LogP contribution in [0, 0.1) is 5.41 Å². The molecule has 0 saturated carbocycles. The molecule has 6 heteroatoms. The number of rotatable bonds is 5. The molecule has 2 aromatic rings. The summed E-state index contributed by atoms with van der Waals surface area (Å²) in [5.74, 6) is 0. The van der Waals surface area contributed by atoms with E-state index in [0.29, 0.717) is 13.0 Å². The lowest BCUT2D eigenvalue weighted by Gasteiger charge is -2.40. The first-order valence-corrected chi connectivity index (χ1v) is 7.47. The molecule has 122 valence electrons. The smallest absolute Gasteiger partial charge is 0.119 e. The molecule has 2 rings (SSSR count). The topological polar surface area (TPSA) is 82.4 Å². The lowest BCUT2D eigenvalue weighted by molar-refractivity contribution is -0.0774. The van der Waals surface area contributed by atoms with E-state index in [-0.39, 0.29) is 10.9 Å². The van der Waals surface area contributed by atoms with Crippen molar-refractivity contribution in [1.82, 2.24) is 14.8 Å². The molecule has 0 aliphatic rings. The van der Waals surface area contributed by atoms with Crippen LogP contribution in [0.25, 0.3) is 0 Å². The highest BCUT2D eigenvalue weighted by molar-refractivity contribution is 6.30. The molecular formula is C16H24ClN3O2. The van der Waals surface area contributed by atoms with Crippen LogP contribution in [0.4, 0.5) is 0 Å². The van der Waals surface area contributed by atoms with Gasteiger partial charge in [-0.05, 0) is 36.0 Å². The van der Waals surface area contributed by atoms with Crippen LogP contribution in [0.2, 0.25) is 5.02 Å². The zero-order valence-corrected chi connectivity index (χ0v) is 14.0. The molecule has 0 aliphatic carbocycles. The summed E-state index contributed by atoms with van der Waals surface area (Å²) in [4.78, 5) is 0. The van der Waals surface area contributed by atoms with Crippen molar-refractivity contribution in [1.29, 1.82) is 0 Å². The van der Waals surface area contributed by atoms with Gasteiger partial charge in [-0.3, -0.25) is 0 Å². The lowest BCUT2D eigenvalue weighted by atomic mass is 9.73. The fourth-order valence-electron chi connectivity index (χ4n) is 2.30. The van der Waals surface area contributed by atoms with Crippen LogP contribution in [-0.4, -0.2) is 30.9 Å². The van der Waals surface area contributed by atoms with Crippen molar-refractivity contribution in [3.63, 3.8) is 0 Å². The monoisotopic (exact) mass is 325 g/mol. The summed E-state index contributed by atoms with van der Waals surface area (Å²) in [5.41, 5.74) is 0.0875. The van der Waals surface area contributed by atoms with Crippen LogP contribution in [-0.2, 0) is 13.0 Å². The summed E-state index contributed by atoms with van der Waals surface area (Å²) in [6.07, 6.45) is 4.74. The van der Waals surface area contributed by atoms with Gasteiger partial charge in [0.05, 0.1) is 12.1 Å². The normalized spacial score (nSPS) is 14.2. The van der Waals surface area contributed by atoms with Gasteiger partial charge in [0.15, 0.2) is 0 Å². The first kappa shape index (κ1) is 18.6. The van der Waals surface area contributed by atoms with E-state index in [1.807, 2.05) is 28.8 Å². The summed E-state index contributed by atoms with van der Waals surface area (Å²) >= 11 is 5.90. The van der Waals surface area contributed by atoms with E-state index in [1.165, 1.54) is 5.56 Å². The van der Waals surface area contributed by atoms with Gasteiger partial charge in [0.2, 0.25) is 0 Å². The van der Waals surface area contributed by atoms with Crippen molar-refractivity contribution in [2.75, 3.05) is 0 Å². The van der Waals surface area contributed by atoms with Gasteiger partial charge >= 0.3 is 0 Å². The van der Waals surface area contributed by atoms with E-state index in [1.54, 1.807) is 12.7 Å². The summed E-state index contributed by atoms with van der Waals surface area (Å²) < 4.78 is 1.83. The maximum atomic E-state index is 11.1. The third kappa shape index (κ3) is 4.53. The molecule has 0 fully saturated rings. The van der Waals surface area contributed by atoms with Crippen LogP contribution in [0.5, 0.6) is 0 Å². The molecule has 1 atom stereocenters. The Balaban J connectivity index is 0.00000242. The number of hydrogen-bond donors (Lipinski definition) is 1. The standard InChI is InChI=1S/C16H22ClN3O.H2O/c1-15(2,3)16(21,10-20-11-18-19-12-20)9-8-13-4-6-14(17)7-5-13;/h4-7,11-12,21H,8-10H2,1-3H3;1H2/t16-;/m1./s1. The van der Waals surface area contributed by atoms with Crippen LogP contribution < -0.4 is 0 Å². The molecule has 0 aliphatic heterocycles. The average molecular weight is 326 g/mol. The fraction of sp³-hybridized carbons (Fsp3) is 0.500. The Hall–Kier alpha value is -1.43. The molecule has 0 saturated heterocycles. The fourth-order valence-corrected chi connectivity index (χ4v) is 2.43. The van der Waals surface area contributed by atoms with Crippen molar-refractivity contribution >= 4 is 11.6 Å². The largest absolute Gasteiger partial charge is 0.412 e. The van der Waals surface area contributed by atoms with Gasteiger partial charge in [0, 0.05) is 5.02 Å². The van der Waals surface area contributed by atoms with E-state index in [2.05, 4.69) is 31.0 Å². The highest BCUT2D eigenvalue weighted by Crippen LogP contribution is 2.35. The molecule has 3 N–H and O–H groups in total. The Labute approximate surface area is 136 Å². The van der Waals surface area contributed by atoms with Gasteiger partial charge in [0.25, 0.3) is 0 Å². The Morgan fingerprint density at radius 3 is 2.14 bits per heavy atom. The van der Waals surface area contributed by atoms with Gasteiger partial charge in [-0.25, -0.2) is 0 Å². The Morgan fingerprint density at radius 1 is 1.09 bits per heavy atom. The van der Waals surface area contributed by atoms with Gasteiger partial charge in [-0.1, -0.05) is 44.5 Å². The molecule has 0 radical (unpaired) electrons. The quantitative estimate of drug-likeness (QED) is 0.916. The Kier molecular flexibility index (Phi) is 6.11. The summed E-state index contributed by atoms with van der Waals surface area (Å²) in [6.45, 7) is 6.65. The summed E-state index contributed by atoms with van der Waals surface area (Å²) in [6, 6.07) is 7.77.